The largest absolute Gasteiger partial charge is 0.444 e. The van der Waals surface area contributed by atoms with Crippen molar-refractivity contribution in [1.82, 2.24) is 5.32 Å². The molecule has 3 nitrogen and oxygen atoms in total. The molecule has 1 heterocycles. The van der Waals surface area contributed by atoms with Crippen molar-refractivity contribution < 1.29 is 9.53 Å². The smallest absolute Gasteiger partial charge is 0.407 e. The third kappa shape index (κ3) is 1.72. The van der Waals surface area contributed by atoms with Crippen LogP contribution in [0.3, 0.4) is 0 Å². The number of alkyl carbamates (subject to hydrolysis) is 1. The van der Waals surface area contributed by atoms with Gasteiger partial charge in [0.2, 0.25) is 0 Å². The summed E-state index contributed by atoms with van der Waals surface area (Å²) in [5, 5.41) is 2.87. The van der Waals surface area contributed by atoms with Crippen LogP contribution in [0.1, 0.15) is 40.0 Å². The van der Waals surface area contributed by atoms with Crippen molar-refractivity contribution >= 4 is 6.09 Å². The fourth-order valence-electron chi connectivity index (χ4n) is 2.53. The van der Waals surface area contributed by atoms with Crippen LogP contribution in [0.5, 0.6) is 0 Å². The summed E-state index contributed by atoms with van der Waals surface area (Å²) in [6, 6.07) is 0.279. The van der Waals surface area contributed by atoms with E-state index in [1.54, 1.807) is 0 Å². The van der Waals surface area contributed by atoms with Crippen LogP contribution < -0.4 is 5.32 Å². The maximum atomic E-state index is 11.0. The Kier molecular flexibility index (Phi) is 2.20. The maximum Gasteiger partial charge on any atom is 0.407 e. The highest BCUT2D eigenvalue weighted by Gasteiger charge is 2.42. The standard InChI is InChI=1S/C11H19NO2/c1-11(2,3)7-4-5-8-9(6-7)14-10(13)12-8/h7-9H,4-6H2,1-3H3,(H,12,13). The number of fused-ring (bicyclic) bond motifs is 1. The van der Waals surface area contributed by atoms with Gasteiger partial charge in [-0.05, 0) is 30.6 Å². The van der Waals surface area contributed by atoms with Gasteiger partial charge in [-0.1, -0.05) is 20.8 Å². The Labute approximate surface area is 85.2 Å². The summed E-state index contributed by atoms with van der Waals surface area (Å²) in [4.78, 5) is 11.0. The topological polar surface area (TPSA) is 38.3 Å². The first-order valence-corrected chi connectivity index (χ1v) is 5.44. The summed E-state index contributed by atoms with van der Waals surface area (Å²) < 4.78 is 5.24. The van der Waals surface area contributed by atoms with Gasteiger partial charge in [0.05, 0.1) is 6.04 Å². The molecule has 2 rings (SSSR count). The quantitative estimate of drug-likeness (QED) is 0.647. The molecule has 0 bridgehead atoms. The van der Waals surface area contributed by atoms with E-state index in [0.717, 1.165) is 12.8 Å². The van der Waals surface area contributed by atoms with E-state index in [1.807, 2.05) is 0 Å². The summed E-state index contributed by atoms with van der Waals surface area (Å²) in [6.07, 6.45) is 3.19. The highest BCUT2D eigenvalue weighted by Crippen LogP contribution is 2.40. The second-order valence-electron chi connectivity index (χ2n) is 5.57. The molecule has 3 unspecified atom stereocenters. The summed E-state index contributed by atoms with van der Waals surface area (Å²) in [5.41, 5.74) is 0.333. The number of hydrogen-bond donors (Lipinski definition) is 1. The van der Waals surface area contributed by atoms with Gasteiger partial charge in [0.15, 0.2) is 0 Å². The van der Waals surface area contributed by atoms with Crippen LogP contribution in [0.2, 0.25) is 0 Å². The van der Waals surface area contributed by atoms with Crippen LogP contribution in [-0.2, 0) is 4.74 Å². The summed E-state index contributed by atoms with van der Waals surface area (Å²) >= 11 is 0. The maximum absolute atomic E-state index is 11.0. The van der Waals surface area contributed by atoms with Crippen LogP contribution in [0.4, 0.5) is 4.79 Å². The third-order valence-corrected chi connectivity index (χ3v) is 3.58. The Morgan fingerprint density at radius 1 is 1.36 bits per heavy atom. The Hall–Kier alpha value is -0.730. The van der Waals surface area contributed by atoms with Gasteiger partial charge >= 0.3 is 6.09 Å². The zero-order valence-corrected chi connectivity index (χ0v) is 9.17. The van der Waals surface area contributed by atoms with Crippen LogP contribution in [0.25, 0.3) is 0 Å². The minimum Gasteiger partial charge on any atom is -0.444 e. The molecule has 0 radical (unpaired) electrons. The molecular formula is C11H19NO2. The zero-order valence-electron chi connectivity index (χ0n) is 9.17. The van der Waals surface area contributed by atoms with Crippen LogP contribution in [-0.4, -0.2) is 18.2 Å². The van der Waals surface area contributed by atoms with E-state index in [-0.39, 0.29) is 18.2 Å². The Morgan fingerprint density at radius 3 is 2.71 bits per heavy atom. The van der Waals surface area contributed by atoms with Gasteiger partial charge in [-0.15, -0.1) is 0 Å². The lowest BCUT2D eigenvalue weighted by Gasteiger charge is -2.37. The number of carbonyl (C=O) groups is 1. The minimum absolute atomic E-state index is 0.125. The van der Waals surface area contributed by atoms with E-state index in [0.29, 0.717) is 11.3 Å². The molecule has 3 atom stereocenters. The Balaban J connectivity index is 2.01. The summed E-state index contributed by atoms with van der Waals surface area (Å²) in [7, 11) is 0. The van der Waals surface area contributed by atoms with E-state index in [1.165, 1.54) is 6.42 Å². The third-order valence-electron chi connectivity index (χ3n) is 3.58. The second kappa shape index (κ2) is 3.14. The first-order valence-electron chi connectivity index (χ1n) is 5.44. The van der Waals surface area contributed by atoms with Gasteiger partial charge in [0, 0.05) is 0 Å². The second-order valence-corrected chi connectivity index (χ2v) is 5.57. The summed E-state index contributed by atoms with van der Waals surface area (Å²) in [5.74, 6) is 0.677. The summed E-state index contributed by atoms with van der Waals surface area (Å²) in [6.45, 7) is 6.80. The zero-order chi connectivity index (χ0) is 10.3. The van der Waals surface area contributed by atoms with E-state index >= 15 is 0 Å². The van der Waals surface area contributed by atoms with Gasteiger partial charge < -0.3 is 10.1 Å². The first kappa shape index (κ1) is 9.81. The van der Waals surface area contributed by atoms with Gasteiger partial charge in [-0.2, -0.15) is 0 Å². The van der Waals surface area contributed by atoms with Crippen molar-refractivity contribution in [1.29, 1.82) is 0 Å². The van der Waals surface area contributed by atoms with Crippen molar-refractivity contribution in [3.8, 4) is 0 Å². The molecular weight excluding hydrogens is 178 g/mol. The molecule has 1 aliphatic heterocycles. The lowest BCUT2D eigenvalue weighted by molar-refractivity contribution is 0.0594. The van der Waals surface area contributed by atoms with Gasteiger partial charge in [-0.3, -0.25) is 0 Å². The molecule has 1 N–H and O–H groups in total. The number of rotatable bonds is 0. The highest BCUT2D eigenvalue weighted by atomic mass is 16.6. The molecule has 2 fully saturated rings. The van der Waals surface area contributed by atoms with Crippen LogP contribution in [0, 0.1) is 11.3 Å². The molecule has 0 spiro atoms. The first-order chi connectivity index (χ1) is 6.47. The number of ether oxygens (including phenoxy) is 1. The lowest BCUT2D eigenvalue weighted by Crippen LogP contribution is -2.40. The molecule has 0 aromatic heterocycles. The van der Waals surface area contributed by atoms with Crippen LogP contribution in [0.15, 0.2) is 0 Å². The highest BCUT2D eigenvalue weighted by molar-refractivity contribution is 5.70. The molecule has 1 saturated carbocycles. The predicted octanol–water partition coefficient (Wildman–Crippen LogP) is 2.31. The van der Waals surface area contributed by atoms with E-state index in [4.69, 9.17) is 4.74 Å². The number of hydrogen-bond acceptors (Lipinski definition) is 2. The SMILES string of the molecule is CC(C)(C)C1CCC2NC(=O)OC2C1. The molecule has 0 aromatic carbocycles. The van der Waals surface area contributed by atoms with E-state index in [2.05, 4.69) is 26.1 Å². The average molecular weight is 197 g/mol. The minimum atomic E-state index is -0.227. The van der Waals surface area contributed by atoms with E-state index < -0.39 is 0 Å². The van der Waals surface area contributed by atoms with Crippen LogP contribution >= 0.6 is 0 Å². The molecule has 1 amide bonds. The molecule has 1 aliphatic carbocycles. The van der Waals surface area contributed by atoms with Gasteiger partial charge in [0.1, 0.15) is 6.10 Å². The number of amides is 1. The molecule has 1 saturated heterocycles. The number of carbonyl (C=O) groups excluding carboxylic acids is 1. The fraction of sp³-hybridized carbons (Fsp3) is 0.909. The molecule has 2 aliphatic rings. The molecule has 3 heteroatoms. The Morgan fingerprint density at radius 2 is 2.07 bits per heavy atom. The normalized spacial score (nSPS) is 37.4. The van der Waals surface area contributed by atoms with Gasteiger partial charge in [0.25, 0.3) is 0 Å². The number of nitrogens with one attached hydrogen (secondary N) is 1. The van der Waals surface area contributed by atoms with Gasteiger partial charge in [-0.25, -0.2) is 4.79 Å². The van der Waals surface area contributed by atoms with Crippen molar-refractivity contribution in [2.24, 2.45) is 11.3 Å². The monoisotopic (exact) mass is 197 g/mol. The van der Waals surface area contributed by atoms with Crippen molar-refractivity contribution in [2.75, 3.05) is 0 Å². The Bertz CT molecular complexity index is 244. The average Bonchev–Trinajstić information content (AvgIpc) is 2.41. The van der Waals surface area contributed by atoms with Crippen molar-refractivity contribution in [3.63, 3.8) is 0 Å². The molecule has 80 valence electrons. The van der Waals surface area contributed by atoms with Crippen molar-refractivity contribution in [3.05, 3.63) is 0 Å². The molecule has 14 heavy (non-hydrogen) atoms. The lowest BCUT2D eigenvalue weighted by atomic mass is 9.70. The molecule has 0 aromatic rings. The van der Waals surface area contributed by atoms with E-state index in [9.17, 15) is 4.79 Å². The fourth-order valence-corrected chi connectivity index (χ4v) is 2.53. The van der Waals surface area contributed by atoms with Crippen molar-refractivity contribution in [2.45, 2.75) is 52.2 Å². The predicted molar refractivity (Wildman–Crippen MR) is 54.0 cm³/mol.